The van der Waals surface area contributed by atoms with Gasteiger partial charge in [-0.15, -0.1) is 0 Å². The average Bonchev–Trinajstić information content (AvgIpc) is 2.18. The summed E-state index contributed by atoms with van der Waals surface area (Å²) in [5.74, 6) is -0.240. The van der Waals surface area contributed by atoms with Crippen molar-refractivity contribution in [3.63, 3.8) is 0 Å². The maximum atomic E-state index is 11.7. The van der Waals surface area contributed by atoms with Gasteiger partial charge < -0.3 is 16.4 Å². The van der Waals surface area contributed by atoms with Crippen LogP contribution < -0.4 is 16.4 Å². The smallest absolute Gasteiger partial charge is 0.239 e. The number of hydrogen-bond acceptors (Lipinski definition) is 3. The Balaban J connectivity index is 2.27. The van der Waals surface area contributed by atoms with Gasteiger partial charge in [-0.25, -0.2) is 0 Å². The zero-order valence-electron chi connectivity index (χ0n) is 11.6. The first-order chi connectivity index (χ1) is 8.26. The van der Waals surface area contributed by atoms with Crippen LogP contribution in [0.2, 0.25) is 0 Å². The standard InChI is InChI=1S/C13H25N3O2/c1-12(2,3)16-11(18)8-15-10(17)7-13(9-14)5-4-6-13/h4-9,14H2,1-3H3,(H,15,17)(H,16,18). The molecular formula is C13H25N3O2. The molecule has 5 nitrogen and oxygen atoms in total. The summed E-state index contributed by atoms with van der Waals surface area (Å²) in [7, 11) is 0. The van der Waals surface area contributed by atoms with Crippen LogP contribution in [0.15, 0.2) is 0 Å². The molecule has 5 heteroatoms. The van der Waals surface area contributed by atoms with E-state index in [1.807, 2.05) is 20.8 Å². The number of nitrogens with one attached hydrogen (secondary N) is 2. The topological polar surface area (TPSA) is 84.2 Å². The highest BCUT2D eigenvalue weighted by Gasteiger charge is 2.37. The molecule has 0 saturated heterocycles. The Hall–Kier alpha value is -1.10. The Bertz CT molecular complexity index is 311. The minimum absolute atomic E-state index is 0.00934. The summed E-state index contributed by atoms with van der Waals surface area (Å²) in [6.07, 6.45) is 3.62. The molecular weight excluding hydrogens is 230 g/mol. The first kappa shape index (κ1) is 15.0. The van der Waals surface area contributed by atoms with E-state index in [9.17, 15) is 9.59 Å². The van der Waals surface area contributed by atoms with Crippen molar-refractivity contribution in [1.82, 2.24) is 10.6 Å². The third-order valence-electron chi connectivity index (χ3n) is 3.34. The normalized spacial score (nSPS) is 17.8. The van der Waals surface area contributed by atoms with Gasteiger partial charge in [0.05, 0.1) is 6.54 Å². The Morgan fingerprint density at radius 2 is 1.83 bits per heavy atom. The number of rotatable bonds is 5. The van der Waals surface area contributed by atoms with Crippen molar-refractivity contribution in [2.75, 3.05) is 13.1 Å². The lowest BCUT2D eigenvalue weighted by Gasteiger charge is -2.40. The lowest BCUT2D eigenvalue weighted by atomic mass is 9.66. The van der Waals surface area contributed by atoms with Crippen LogP contribution in [-0.4, -0.2) is 30.4 Å². The second-order valence-corrected chi connectivity index (χ2v) is 6.31. The fourth-order valence-electron chi connectivity index (χ4n) is 2.17. The molecule has 0 unspecified atom stereocenters. The molecule has 0 aromatic heterocycles. The van der Waals surface area contributed by atoms with E-state index in [4.69, 9.17) is 5.73 Å². The van der Waals surface area contributed by atoms with Gasteiger partial charge >= 0.3 is 0 Å². The van der Waals surface area contributed by atoms with Gasteiger partial charge in [-0.3, -0.25) is 9.59 Å². The minimum atomic E-state index is -0.270. The average molecular weight is 255 g/mol. The molecule has 0 bridgehead atoms. The summed E-state index contributed by atoms with van der Waals surface area (Å²) in [5.41, 5.74) is 5.42. The molecule has 1 saturated carbocycles. The fourth-order valence-corrected chi connectivity index (χ4v) is 2.17. The minimum Gasteiger partial charge on any atom is -0.350 e. The molecule has 18 heavy (non-hydrogen) atoms. The lowest BCUT2D eigenvalue weighted by Crippen LogP contribution is -2.47. The SMILES string of the molecule is CC(C)(C)NC(=O)CNC(=O)CC1(CN)CCC1. The maximum Gasteiger partial charge on any atom is 0.239 e. The number of hydrogen-bond donors (Lipinski definition) is 3. The largest absolute Gasteiger partial charge is 0.350 e. The van der Waals surface area contributed by atoms with E-state index in [0.717, 1.165) is 19.3 Å². The Morgan fingerprint density at radius 1 is 1.22 bits per heavy atom. The maximum absolute atomic E-state index is 11.7. The second kappa shape index (κ2) is 5.69. The Labute approximate surface area is 109 Å². The van der Waals surface area contributed by atoms with Crippen molar-refractivity contribution < 1.29 is 9.59 Å². The summed E-state index contributed by atoms with van der Waals surface area (Å²) < 4.78 is 0. The summed E-state index contributed by atoms with van der Waals surface area (Å²) >= 11 is 0. The molecule has 1 rings (SSSR count). The Kier molecular flexibility index (Phi) is 4.73. The molecule has 0 aromatic carbocycles. The van der Waals surface area contributed by atoms with E-state index in [2.05, 4.69) is 10.6 Å². The highest BCUT2D eigenvalue weighted by atomic mass is 16.2. The molecule has 0 radical (unpaired) electrons. The number of nitrogens with two attached hydrogens (primary N) is 1. The van der Waals surface area contributed by atoms with Crippen molar-refractivity contribution in [2.24, 2.45) is 11.1 Å². The molecule has 2 amide bonds. The number of carbonyl (C=O) groups is 2. The predicted molar refractivity (Wildman–Crippen MR) is 70.9 cm³/mol. The van der Waals surface area contributed by atoms with Gasteiger partial charge in [-0.1, -0.05) is 6.42 Å². The van der Waals surface area contributed by atoms with Crippen molar-refractivity contribution in [3.8, 4) is 0 Å². The number of carbonyl (C=O) groups excluding carboxylic acids is 2. The van der Waals surface area contributed by atoms with E-state index in [1.165, 1.54) is 0 Å². The zero-order chi connectivity index (χ0) is 13.8. The van der Waals surface area contributed by atoms with E-state index < -0.39 is 0 Å². The lowest BCUT2D eigenvalue weighted by molar-refractivity contribution is -0.129. The van der Waals surface area contributed by atoms with Crippen LogP contribution in [-0.2, 0) is 9.59 Å². The van der Waals surface area contributed by atoms with Gasteiger partial charge in [0.1, 0.15) is 0 Å². The van der Waals surface area contributed by atoms with Crippen LogP contribution in [0.3, 0.4) is 0 Å². The van der Waals surface area contributed by atoms with E-state index in [-0.39, 0.29) is 29.3 Å². The van der Waals surface area contributed by atoms with Crippen LogP contribution in [0.5, 0.6) is 0 Å². The van der Waals surface area contributed by atoms with Crippen LogP contribution in [0.4, 0.5) is 0 Å². The third kappa shape index (κ3) is 4.64. The highest BCUT2D eigenvalue weighted by Crippen LogP contribution is 2.42. The van der Waals surface area contributed by atoms with Crippen molar-refractivity contribution in [2.45, 2.75) is 52.0 Å². The third-order valence-corrected chi connectivity index (χ3v) is 3.34. The van der Waals surface area contributed by atoms with Crippen LogP contribution in [0, 0.1) is 5.41 Å². The summed E-state index contributed by atoms with van der Waals surface area (Å²) in [6.45, 7) is 6.31. The summed E-state index contributed by atoms with van der Waals surface area (Å²) in [5, 5.41) is 5.46. The van der Waals surface area contributed by atoms with E-state index in [1.54, 1.807) is 0 Å². The van der Waals surface area contributed by atoms with Gasteiger partial charge in [0.15, 0.2) is 0 Å². The quantitative estimate of drug-likeness (QED) is 0.670. The van der Waals surface area contributed by atoms with Gasteiger partial charge in [0, 0.05) is 12.0 Å². The van der Waals surface area contributed by atoms with Crippen LogP contribution >= 0.6 is 0 Å². The zero-order valence-corrected chi connectivity index (χ0v) is 11.6. The molecule has 0 heterocycles. The molecule has 1 aliphatic rings. The number of amides is 2. The van der Waals surface area contributed by atoms with E-state index in [0.29, 0.717) is 13.0 Å². The van der Waals surface area contributed by atoms with Crippen LogP contribution in [0.1, 0.15) is 46.5 Å². The molecule has 4 N–H and O–H groups in total. The first-order valence-electron chi connectivity index (χ1n) is 6.54. The predicted octanol–water partition coefficient (Wildman–Crippen LogP) is 0.536. The molecule has 0 aromatic rings. The van der Waals surface area contributed by atoms with Crippen molar-refractivity contribution >= 4 is 11.8 Å². The molecule has 0 spiro atoms. The van der Waals surface area contributed by atoms with Gasteiger partial charge in [0.2, 0.25) is 11.8 Å². The molecule has 0 aliphatic heterocycles. The van der Waals surface area contributed by atoms with Gasteiger partial charge in [-0.2, -0.15) is 0 Å². The van der Waals surface area contributed by atoms with Crippen molar-refractivity contribution in [3.05, 3.63) is 0 Å². The Morgan fingerprint density at radius 3 is 2.22 bits per heavy atom. The summed E-state index contributed by atoms with van der Waals surface area (Å²) in [4.78, 5) is 23.3. The van der Waals surface area contributed by atoms with Crippen molar-refractivity contribution in [1.29, 1.82) is 0 Å². The van der Waals surface area contributed by atoms with Gasteiger partial charge in [-0.05, 0) is 45.6 Å². The monoisotopic (exact) mass is 255 g/mol. The molecule has 1 fully saturated rings. The fraction of sp³-hybridized carbons (Fsp3) is 0.846. The molecule has 0 atom stereocenters. The van der Waals surface area contributed by atoms with E-state index >= 15 is 0 Å². The second-order valence-electron chi connectivity index (χ2n) is 6.31. The molecule has 1 aliphatic carbocycles. The van der Waals surface area contributed by atoms with Gasteiger partial charge in [0.25, 0.3) is 0 Å². The summed E-state index contributed by atoms with van der Waals surface area (Å²) in [6, 6.07) is 0. The molecule has 104 valence electrons. The van der Waals surface area contributed by atoms with Crippen LogP contribution in [0.25, 0.3) is 0 Å². The highest BCUT2D eigenvalue weighted by molar-refractivity contribution is 5.85. The first-order valence-corrected chi connectivity index (χ1v) is 6.54.